The average Bonchev–Trinajstić information content (AvgIpc) is 3.25. The van der Waals surface area contributed by atoms with Crippen LogP contribution in [0.3, 0.4) is 0 Å². The molecule has 1 unspecified atom stereocenters. The lowest BCUT2D eigenvalue weighted by Gasteiger charge is -2.36. The highest BCUT2D eigenvalue weighted by Crippen LogP contribution is 2.16. The van der Waals surface area contributed by atoms with Gasteiger partial charge < -0.3 is 19.5 Å². The molecule has 1 aromatic carbocycles. The minimum absolute atomic E-state index is 0. The number of nitrogens with one attached hydrogen (secondary N) is 1. The van der Waals surface area contributed by atoms with E-state index in [2.05, 4.69) is 68.4 Å². The zero-order chi connectivity index (χ0) is 22.2. The van der Waals surface area contributed by atoms with Gasteiger partial charge in [0.2, 0.25) is 5.89 Å². The van der Waals surface area contributed by atoms with Gasteiger partial charge in [0.05, 0.1) is 6.54 Å². The number of rotatable bonds is 8. The number of nitrogens with zero attached hydrogens (tertiary/aromatic N) is 5. The first-order chi connectivity index (χ1) is 15.0. The molecule has 0 saturated carbocycles. The molecular weight excluding hydrogens is 519 g/mol. The molecule has 9 heteroatoms. The lowest BCUT2D eigenvalue weighted by atomic mass is 10.0. The first-order valence-electron chi connectivity index (χ1n) is 11.2. The van der Waals surface area contributed by atoms with Crippen molar-refractivity contribution in [2.45, 2.75) is 52.8 Å². The molecule has 0 radical (unpaired) electrons. The predicted molar refractivity (Wildman–Crippen MR) is 137 cm³/mol. The highest BCUT2D eigenvalue weighted by atomic mass is 127. The van der Waals surface area contributed by atoms with Gasteiger partial charge in [0.1, 0.15) is 6.10 Å². The summed E-state index contributed by atoms with van der Waals surface area (Å²) in [5, 5.41) is 7.35. The highest BCUT2D eigenvalue weighted by Gasteiger charge is 2.20. The van der Waals surface area contributed by atoms with Crippen LogP contribution in [0.15, 0.2) is 33.8 Å². The molecule has 1 aliphatic heterocycles. The SMILES string of the molecule is CCOC(C)c1noc(CNC(=NC)N2CCN(Cc3ccc(C(C)C)cc3)CC2)n1.I. The maximum atomic E-state index is 5.51. The third-order valence-electron chi connectivity index (χ3n) is 5.60. The van der Waals surface area contributed by atoms with Crippen LogP contribution in [0, 0.1) is 0 Å². The van der Waals surface area contributed by atoms with E-state index in [1.807, 2.05) is 13.8 Å². The van der Waals surface area contributed by atoms with E-state index >= 15 is 0 Å². The molecule has 1 N–H and O–H groups in total. The molecule has 2 aromatic rings. The number of guanidine groups is 1. The van der Waals surface area contributed by atoms with Gasteiger partial charge in [-0.25, -0.2) is 0 Å². The van der Waals surface area contributed by atoms with Gasteiger partial charge in [0.25, 0.3) is 0 Å². The highest BCUT2D eigenvalue weighted by molar-refractivity contribution is 14.0. The summed E-state index contributed by atoms with van der Waals surface area (Å²) >= 11 is 0. The normalized spacial score (nSPS) is 16.2. The van der Waals surface area contributed by atoms with E-state index in [0.29, 0.717) is 30.8 Å². The van der Waals surface area contributed by atoms with Crippen LogP contribution in [0.4, 0.5) is 0 Å². The fourth-order valence-corrected chi connectivity index (χ4v) is 3.70. The molecule has 3 rings (SSSR count). The maximum absolute atomic E-state index is 5.51. The third-order valence-corrected chi connectivity index (χ3v) is 5.60. The molecule has 2 heterocycles. The number of hydrogen-bond donors (Lipinski definition) is 1. The molecule has 8 nitrogen and oxygen atoms in total. The number of ether oxygens (including phenoxy) is 1. The van der Waals surface area contributed by atoms with Crippen molar-refractivity contribution in [1.29, 1.82) is 0 Å². The van der Waals surface area contributed by atoms with Gasteiger partial charge in [-0.1, -0.05) is 43.3 Å². The van der Waals surface area contributed by atoms with E-state index in [-0.39, 0.29) is 30.1 Å². The summed E-state index contributed by atoms with van der Waals surface area (Å²) in [7, 11) is 1.81. The molecule has 32 heavy (non-hydrogen) atoms. The van der Waals surface area contributed by atoms with Crippen molar-refractivity contribution in [3.63, 3.8) is 0 Å². The van der Waals surface area contributed by atoms with E-state index in [0.717, 1.165) is 38.7 Å². The second-order valence-electron chi connectivity index (χ2n) is 8.20. The zero-order valence-electron chi connectivity index (χ0n) is 19.9. The van der Waals surface area contributed by atoms with Crippen molar-refractivity contribution in [3.05, 3.63) is 47.1 Å². The Morgan fingerprint density at radius 1 is 1.16 bits per heavy atom. The minimum atomic E-state index is -0.170. The van der Waals surface area contributed by atoms with Gasteiger partial charge >= 0.3 is 0 Å². The lowest BCUT2D eigenvalue weighted by molar-refractivity contribution is 0.0683. The number of aliphatic imine (C=N–C) groups is 1. The van der Waals surface area contributed by atoms with Crippen LogP contribution in [-0.4, -0.2) is 65.7 Å². The Labute approximate surface area is 208 Å². The first-order valence-corrected chi connectivity index (χ1v) is 11.2. The van der Waals surface area contributed by atoms with E-state index in [1.165, 1.54) is 11.1 Å². The van der Waals surface area contributed by atoms with Gasteiger partial charge in [-0.05, 0) is 30.9 Å². The van der Waals surface area contributed by atoms with Crippen molar-refractivity contribution in [1.82, 2.24) is 25.3 Å². The van der Waals surface area contributed by atoms with Crippen LogP contribution in [0.5, 0.6) is 0 Å². The standard InChI is InChI=1S/C23H36N6O2.HI/c1-6-30-18(4)22-26-21(31-27-22)15-25-23(24-5)29-13-11-28(12-14-29)16-19-7-9-20(10-8-19)17(2)3;/h7-10,17-18H,6,11-16H2,1-5H3,(H,24,25);1H. The monoisotopic (exact) mass is 556 g/mol. The second-order valence-corrected chi connectivity index (χ2v) is 8.20. The van der Waals surface area contributed by atoms with Crippen LogP contribution >= 0.6 is 24.0 Å². The molecule has 0 aliphatic carbocycles. The Kier molecular flexibility index (Phi) is 10.9. The van der Waals surface area contributed by atoms with Crippen molar-refractivity contribution in [3.8, 4) is 0 Å². The Hall–Kier alpha value is -1.72. The Bertz CT molecular complexity index is 831. The first kappa shape index (κ1) is 26.5. The Balaban J connectivity index is 0.00000363. The van der Waals surface area contributed by atoms with Crippen molar-refractivity contribution in [2.75, 3.05) is 39.8 Å². The molecule has 0 amide bonds. The summed E-state index contributed by atoms with van der Waals surface area (Å²) in [5.74, 6) is 2.54. The van der Waals surface area contributed by atoms with Crippen molar-refractivity contribution >= 4 is 29.9 Å². The summed E-state index contributed by atoms with van der Waals surface area (Å²) < 4.78 is 10.8. The van der Waals surface area contributed by atoms with Crippen LogP contribution in [0.1, 0.15) is 62.6 Å². The molecule has 0 spiro atoms. The molecule has 1 saturated heterocycles. The molecule has 0 bridgehead atoms. The summed E-state index contributed by atoms with van der Waals surface area (Å²) in [6.45, 7) is 14.2. The molecule has 178 valence electrons. The van der Waals surface area contributed by atoms with E-state index in [1.54, 1.807) is 7.05 Å². The maximum Gasteiger partial charge on any atom is 0.246 e. The number of halogens is 1. The van der Waals surface area contributed by atoms with Crippen molar-refractivity contribution < 1.29 is 9.26 Å². The second kappa shape index (κ2) is 13.1. The van der Waals surface area contributed by atoms with Gasteiger partial charge in [-0.3, -0.25) is 9.89 Å². The van der Waals surface area contributed by atoms with Crippen LogP contribution in [0.25, 0.3) is 0 Å². The number of hydrogen-bond acceptors (Lipinski definition) is 6. The van der Waals surface area contributed by atoms with Gasteiger partial charge in [0.15, 0.2) is 11.8 Å². The summed E-state index contributed by atoms with van der Waals surface area (Å²) in [6.07, 6.45) is -0.170. The average molecular weight is 556 g/mol. The van der Waals surface area contributed by atoms with E-state index in [4.69, 9.17) is 9.26 Å². The van der Waals surface area contributed by atoms with E-state index < -0.39 is 0 Å². The fourth-order valence-electron chi connectivity index (χ4n) is 3.70. The van der Waals surface area contributed by atoms with Gasteiger partial charge in [-0.15, -0.1) is 24.0 Å². The molecule has 1 atom stereocenters. The number of benzene rings is 1. The Morgan fingerprint density at radius 2 is 1.84 bits per heavy atom. The third kappa shape index (κ3) is 7.41. The van der Waals surface area contributed by atoms with Crippen LogP contribution in [0.2, 0.25) is 0 Å². The van der Waals surface area contributed by atoms with Gasteiger partial charge in [0, 0.05) is 46.4 Å². The quantitative estimate of drug-likeness (QED) is 0.301. The number of aromatic nitrogens is 2. The summed E-state index contributed by atoms with van der Waals surface area (Å²) in [5.41, 5.74) is 2.76. The predicted octanol–water partition coefficient (Wildman–Crippen LogP) is 3.80. The Morgan fingerprint density at radius 3 is 2.44 bits per heavy atom. The minimum Gasteiger partial charge on any atom is -0.371 e. The zero-order valence-corrected chi connectivity index (χ0v) is 22.2. The molecule has 1 aliphatic rings. The largest absolute Gasteiger partial charge is 0.371 e. The van der Waals surface area contributed by atoms with Gasteiger partial charge in [-0.2, -0.15) is 4.98 Å². The lowest BCUT2D eigenvalue weighted by Crippen LogP contribution is -2.52. The van der Waals surface area contributed by atoms with Crippen LogP contribution < -0.4 is 5.32 Å². The van der Waals surface area contributed by atoms with Crippen molar-refractivity contribution in [2.24, 2.45) is 4.99 Å². The molecular formula is C23H37IN6O2. The summed E-state index contributed by atoms with van der Waals surface area (Å²) in [6, 6.07) is 9.01. The smallest absolute Gasteiger partial charge is 0.246 e. The fraction of sp³-hybridized carbons (Fsp3) is 0.609. The molecule has 1 fully saturated rings. The topological polar surface area (TPSA) is 79.0 Å². The summed E-state index contributed by atoms with van der Waals surface area (Å²) in [4.78, 5) is 13.6. The van der Waals surface area contributed by atoms with E-state index in [9.17, 15) is 0 Å². The van der Waals surface area contributed by atoms with Crippen LogP contribution in [-0.2, 0) is 17.8 Å². The number of piperazine rings is 1. The molecule has 1 aromatic heterocycles.